The van der Waals surface area contributed by atoms with Gasteiger partial charge in [-0.05, 0) is 49.4 Å². The molecule has 98 valence electrons. The average Bonchev–Trinajstić information content (AvgIpc) is 2.77. The highest BCUT2D eigenvalue weighted by Gasteiger charge is 2.20. The number of hydrogen-bond acceptors (Lipinski definition) is 2. The summed E-state index contributed by atoms with van der Waals surface area (Å²) >= 11 is 0. The number of carbonyl (C=O) groups excluding carboxylic acids is 1. The van der Waals surface area contributed by atoms with Gasteiger partial charge in [0, 0.05) is 23.8 Å². The molecule has 0 heterocycles. The van der Waals surface area contributed by atoms with Crippen molar-refractivity contribution in [1.82, 2.24) is 0 Å². The van der Waals surface area contributed by atoms with Crippen LogP contribution in [0.5, 0.6) is 0 Å². The Morgan fingerprint density at radius 3 is 2.44 bits per heavy atom. The molecule has 1 aromatic carbocycles. The van der Waals surface area contributed by atoms with Gasteiger partial charge in [-0.3, -0.25) is 4.79 Å². The zero-order chi connectivity index (χ0) is 13.0. The van der Waals surface area contributed by atoms with Crippen molar-refractivity contribution < 1.29 is 4.79 Å². The van der Waals surface area contributed by atoms with Gasteiger partial charge in [0.25, 0.3) is 0 Å². The Hall–Kier alpha value is -1.51. The third-order valence-electron chi connectivity index (χ3n) is 3.56. The molecule has 1 aliphatic carbocycles. The summed E-state index contributed by atoms with van der Waals surface area (Å²) in [6.45, 7) is 4.16. The second kappa shape index (κ2) is 5.89. The van der Waals surface area contributed by atoms with Crippen molar-refractivity contribution in [3.63, 3.8) is 0 Å². The second-order valence-corrected chi connectivity index (χ2v) is 5.24. The van der Waals surface area contributed by atoms with Gasteiger partial charge >= 0.3 is 0 Å². The summed E-state index contributed by atoms with van der Waals surface area (Å²) in [4.78, 5) is 11.3. The number of hydrogen-bond donors (Lipinski definition) is 2. The maximum Gasteiger partial charge on any atom is 0.224 e. The Kier molecular flexibility index (Phi) is 4.24. The zero-order valence-corrected chi connectivity index (χ0v) is 11.2. The standard InChI is InChI=1S/C15H22N2O/c1-3-15(18)17-13-8-6-12(7-9-13)16-14-5-4-11(2)10-14/h6-9,11,14,16H,3-5,10H2,1-2H3,(H,17,18). The van der Waals surface area contributed by atoms with E-state index in [1.54, 1.807) is 0 Å². The molecule has 0 spiro atoms. The molecule has 2 atom stereocenters. The van der Waals surface area contributed by atoms with Crippen LogP contribution in [-0.2, 0) is 4.79 Å². The fraction of sp³-hybridized carbons (Fsp3) is 0.533. The monoisotopic (exact) mass is 246 g/mol. The largest absolute Gasteiger partial charge is 0.382 e. The van der Waals surface area contributed by atoms with Gasteiger partial charge in [-0.25, -0.2) is 0 Å². The molecule has 1 aromatic rings. The Labute approximate surface area is 109 Å². The molecule has 1 saturated carbocycles. The second-order valence-electron chi connectivity index (χ2n) is 5.24. The van der Waals surface area contributed by atoms with Crippen LogP contribution in [0.2, 0.25) is 0 Å². The molecule has 3 heteroatoms. The van der Waals surface area contributed by atoms with Crippen molar-refractivity contribution in [1.29, 1.82) is 0 Å². The van der Waals surface area contributed by atoms with Crippen LogP contribution in [-0.4, -0.2) is 11.9 Å². The van der Waals surface area contributed by atoms with Crippen LogP contribution in [0, 0.1) is 5.92 Å². The van der Waals surface area contributed by atoms with Crippen LogP contribution in [0.4, 0.5) is 11.4 Å². The molecule has 3 nitrogen and oxygen atoms in total. The van der Waals surface area contributed by atoms with Gasteiger partial charge in [-0.2, -0.15) is 0 Å². The first kappa shape index (κ1) is 12.9. The third kappa shape index (κ3) is 3.49. The summed E-state index contributed by atoms with van der Waals surface area (Å²) in [7, 11) is 0. The maximum absolute atomic E-state index is 11.3. The fourth-order valence-corrected chi connectivity index (χ4v) is 2.47. The lowest BCUT2D eigenvalue weighted by Crippen LogP contribution is -2.15. The van der Waals surface area contributed by atoms with E-state index < -0.39 is 0 Å². The molecule has 1 amide bonds. The molecule has 0 aliphatic heterocycles. The molecular formula is C15H22N2O. The summed E-state index contributed by atoms with van der Waals surface area (Å²) in [6.07, 6.45) is 4.35. The molecule has 2 rings (SSSR count). The van der Waals surface area contributed by atoms with Crippen molar-refractivity contribution in [2.24, 2.45) is 5.92 Å². The quantitative estimate of drug-likeness (QED) is 0.851. The van der Waals surface area contributed by atoms with Gasteiger partial charge in [0.1, 0.15) is 0 Å². The van der Waals surface area contributed by atoms with Gasteiger partial charge in [0.15, 0.2) is 0 Å². The lowest BCUT2D eigenvalue weighted by molar-refractivity contribution is -0.115. The van der Waals surface area contributed by atoms with E-state index in [0.29, 0.717) is 12.5 Å². The zero-order valence-electron chi connectivity index (χ0n) is 11.2. The number of amides is 1. The van der Waals surface area contributed by atoms with Crippen molar-refractivity contribution in [2.75, 3.05) is 10.6 Å². The number of benzene rings is 1. The molecule has 1 aliphatic rings. The predicted molar refractivity (Wildman–Crippen MR) is 75.8 cm³/mol. The summed E-state index contributed by atoms with van der Waals surface area (Å²) < 4.78 is 0. The van der Waals surface area contributed by atoms with Crippen LogP contribution in [0.1, 0.15) is 39.5 Å². The molecule has 0 bridgehead atoms. The van der Waals surface area contributed by atoms with E-state index >= 15 is 0 Å². The van der Waals surface area contributed by atoms with Gasteiger partial charge in [-0.1, -0.05) is 13.8 Å². The van der Waals surface area contributed by atoms with Gasteiger partial charge in [-0.15, -0.1) is 0 Å². The summed E-state index contributed by atoms with van der Waals surface area (Å²) in [5, 5.41) is 6.41. The minimum atomic E-state index is 0.0559. The minimum Gasteiger partial charge on any atom is -0.382 e. The third-order valence-corrected chi connectivity index (χ3v) is 3.56. The lowest BCUT2D eigenvalue weighted by Gasteiger charge is -2.14. The van der Waals surface area contributed by atoms with E-state index in [1.807, 2.05) is 31.2 Å². The van der Waals surface area contributed by atoms with Crippen molar-refractivity contribution in [3.8, 4) is 0 Å². The highest BCUT2D eigenvalue weighted by Crippen LogP contribution is 2.27. The molecule has 2 unspecified atom stereocenters. The Balaban J connectivity index is 1.89. The average molecular weight is 246 g/mol. The molecule has 1 fully saturated rings. The normalized spacial score (nSPS) is 22.8. The maximum atomic E-state index is 11.3. The molecule has 18 heavy (non-hydrogen) atoms. The Bertz CT molecular complexity index is 399. The van der Waals surface area contributed by atoms with E-state index in [4.69, 9.17) is 0 Å². The number of anilines is 2. The van der Waals surface area contributed by atoms with E-state index in [9.17, 15) is 4.79 Å². The topological polar surface area (TPSA) is 41.1 Å². The lowest BCUT2D eigenvalue weighted by atomic mass is 10.1. The summed E-state index contributed by atoms with van der Waals surface area (Å²) in [6, 6.07) is 8.58. The van der Waals surface area contributed by atoms with Gasteiger partial charge in [0.05, 0.1) is 0 Å². The Morgan fingerprint density at radius 1 is 1.22 bits per heavy atom. The van der Waals surface area contributed by atoms with E-state index in [2.05, 4.69) is 17.6 Å². The number of nitrogens with one attached hydrogen (secondary N) is 2. The first-order valence-corrected chi connectivity index (χ1v) is 6.84. The van der Waals surface area contributed by atoms with Crippen molar-refractivity contribution in [2.45, 2.75) is 45.6 Å². The van der Waals surface area contributed by atoms with Crippen LogP contribution in [0.15, 0.2) is 24.3 Å². The van der Waals surface area contributed by atoms with Crippen molar-refractivity contribution in [3.05, 3.63) is 24.3 Å². The van der Waals surface area contributed by atoms with Gasteiger partial charge < -0.3 is 10.6 Å². The minimum absolute atomic E-state index is 0.0559. The molecule has 0 radical (unpaired) electrons. The summed E-state index contributed by atoms with van der Waals surface area (Å²) in [5.74, 6) is 0.894. The van der Waals surface area contributed by atoms with E-state index in [0.717, 1.165) is 17.3 Å². The fourth-order valence-electron chi connectivity index (χ4n) is 2.47. The highest BCUT2D eigenvalue weighted by atomic mass is 16.1. The molecular weight excluding hydrogens is 224 g/mol. The first-order chi connectivity index (χ1) is 8.67. The number of rotatable bonds is 4. The first-order valence-electron chi connectivity index (χ1n) is 6.84. The van der Waals surface area contributed by atoms with Crippen LogP contribution in [0.25, 0.3) is 0 Å². The van der Waals surface area contributed by atoms with E-state index in [-0.39, 0.29) is 5.91 Å². The molecule has 0 saturated heterocycles. The smallest absolute Gasteiger partial charge is 0.224 e. The SMILES string of the molecule is CCC(=O)Nc1ccc(NC2CCC(C)C2)cc1. The van der Waals surface area contributed by atoms with Crippen LogP contribution >= 0.6 is 0 Å². The van der Waals surface area contributed by atoms with Crippen LogP contribution in [0.3, 0.4) is 0 Å². The summed E-state index contributed by atoms with van der Waals surface area (Å²) in [5.41, 5.74) is 2.01. The molecule has 2 N–H and O–H groups in total. The number of carbonyl (C=O) groups is 1. The Morgan fingerprint density at radius 2 is 1.89 bits per heavy atom. The predicted octanol–water partition coefficient (Wildman–Crippen LogP) is 3.64. The molecule has 0 aromatic heterocycles. The van der Waals surface area contributed by atoms with Gasteiger partial charge in [0.2, 0.25) is 5.91 Å². The van der Waals surface area contributed by atoms with Crippen molar-refractivity contribution >= 4 is 17.3 Å². The highest BCUT2D eigenvalue weighted by molar-refractivity contribution is 5.90. The van der Waals surface area contributed by atoms with E-state index in [1.165, 1.54) is 19.3 Å². The van der Waals surface area contributed by atoms with Crippen LogP contribution < -0.4 is 10.6 Å².